The summed E-state index contributed by atoms with van der Waals surface area (Å²) >= 11 is 1.68. The second-order valence-electron chi connectivity index (χ2n) is 17.2. The summed E-state index contributed by atoms with van der Waals surface area (Å²) in [5, 5.41) is 0. The first-order valence-electron chi connectivity index (χ1n) is 23.8. The fourth-order valence-electron chi connectivity index (χ4n) is 9.30. The van der Waals surface area contributed by atoms with E-state index >= 15 is 0 Å². The minimum Gasteiger partial charge on any atom is -0.491 e. The summed E-state index contributed by atoms with van der Waals surface area (Å²) in [6, 6.07) is 94.8. The van der Waals surface area contributed by atoms with Crippen LogP contribution in [-0.2, 0) is 0 Å². The summed E-state index contributed by atoms with van der Waals surface area (Å²) < 4.78 is 12.3. The molecule has 0 atom stereocenters. The molecule has 71 heavy (non-hydrogen) atoms. The maximum atomic E-state index is 6.16. The standard InChI is InChI=1S/C66H50N2O2S/c1-69-63-64(70-2)66(56-33-45-62(46-34-56)68(59-39-27-53(28-40-59)49-19-11-5-12-20-49)60-41-29-54(30-42-60)50-21-13-6-14-22-50)71-65(63)55-31-43-61(44-32-55)67(57-35-23-51(24-36-57)47-15-7-3-8-16-47)58-37-25-52(26-38-58)48-17-9-4-10-18-48/h3-46H,1-2H3. The second-order valence-corrected chi connectivity index (χ2v) is 18.3. The van der Waals surface area contributed by atoms with E-state index in [0.29, 0.717) is 11.5 Å². The molecule has 0 amide bonds. The molecule has 0 radical (unpaired) electrons. The quantitative estimate of drug-likeness (QED) is 0.108. The van der Waals surface area contributed by atoms with Gasteiger partial charge in [-0.1, -0.05) is 194 Å². The van der Waals surface area contributed by atoms with Gasteiger partial charge in [0.05, 0.1) is 24.0 Å². The van der Waals surface area contributed by atoms with Crippen molar-refractivity contribution in [3.8, 4) is 76.9 Å². The highest BCUT2D eigenvalue weighted by molar-refractivity contribution is 7.19. The molecule has 1 aromatic heterocycles. The van der Waals surface area contributed by atoms with Crippen molar-refractivity contribution < 1.29 is 9.47 Å². The van der Waals surface area contributed by atoms with Gasteiger partial charge in [-0.05, 0) is 128 Å². The molecule has 342 valence electrons. The van der Waals surface area contributed by atoms with E-state index in [1.54, 1.807) is 25.6 Å². The third kappa shape index (κ3) is 9.35. The highest BCUT2D eigenvalue weighted by Gasteiger charge is 2.24. The van der Waals surface area contributed by atoms with Crippen molar-refractivity contribution in [2.24, 2.45) is 0 Å². The molecule has 0 N–H and O–H groups in total. The van der Waals surface area contributed by atoms with E-state index in [1.165, 1.54) is 44.5 Å². The number of nitrogens with zero attached hydrogens (tertiary/aromatic N) is 2. The monoisotopic (exact) mass is 934 g/mol. The van der Waals surface area contributed by atoms with Gasteiger partial charge in [0.1, 0.15) is 0 Å². The zero-order chi connectivity index (χ0) is 47.9. The number of hydrogen-bond donors (Lipinski definition) is 0. The Kier molecular flexibility index (Phi) is 12.8. The van der Waals surface area contributed by atoms with Gasteiger partial charge in [-0.2, -0.15) is 0 Å². The van der Waals surface area contributed by atoms with Crippen LogP contribution in [0.25, 0.3) is 65.4 Å². The van der Waals surface area contributed by atoms with Crippen molar-refractivity contribution in [3.05, 3.63) is 267 Å². The Bertz CT molecular complexity index is 3070. The van der Waals surface area contributed by atoms with E-state index in [0.717, 1.165) is 55.0 Å². The second kappa shape index (κ2) is 20.4. The number of methoxy groups -OCH3 is 2. The van der Waals surface area contributed by atoms with Crippen LogP contribution in [0.1, 0.15) is 0 Å². The van der Waals surface area contributed by atoms with Crippen molar-refractivity contribution in [2.75, 3.05) is 24.0 Å². The summed E-state index contributed by atoms with van der Waals surface area (Å²) in [4.78, 5) is 6.62. The molecule has 0 bridgehead atoms. The van der Waals surface area contributed by atoms with Gasteiger partial charge >= 0.3 is 0 Å². The van der Waals surface area contributed by atoms with Crippen LogP contribution in [-0.4, -0.2) is 14.2 Å². The summed E-state index contributed by atoms with van der Waals surface area (Å²) in [5.74, 6) is 1.43. The van der Waals surface area contributed by atoms with Crippen LogP contribution in [0.5, 0.6) is 11.5 Å². The maximum absolute atomic E-state index is 6.16. The summed E-state index contributed by atoms with van der Waals surface area (Å²) in [6.07, 6.45) is 0. The van der Waals surface area contributed by atoms with Gasteiger partial charge in [-0.3, -0.25) is 0 Å². The summed E-state index contributed by atoms with van der Waals surface area (Å²) in [5.41, 5.74) is 17.9. The molecule has 0 aliphatic heterocycles. The Morgan fingerprint density at radius 2 is 0.408 bits per heavy atom. The van der Waals surface area contributed by atoms with E-state index in [1.807, 2.05) is 0 Å². The Labute approximate surface area is 420 Å². The van der Waals surface area contributed by atoms with E-state index < -0.39 is 0 Å². The van der Waals surface area contributed by atoms with Crippen LogP contribution in [0.15, 0.2) is 267 Å². The number of benzene rings is 10. The highest BCUT2D eigenvalue weighted by Crippen LogP contribution is 2.53. The number of hydrogen-bond acceptors (Lipinski definition) is 5. The van der Waals surface area contributed by atoms with Crippen molar-refractivity contribution in [1.29, 1.82) is 0 Å². The molecule has 11 aromatic rings. The Morgan fingerprint density at radius 1 is 0.225 bits per heavy atom. The average Bonchev–Trinajstić information content (AvgIpc) is 3.84. The summed E-state index contributed by atoms with van der Waals surface area (Å²) in [6.45, 7) is 0. The molecule has 0 aliphatic rings. The van der Waals surface area contributed by atoms with Crippen molar-refractivity contribution >= 4 is 45.5 Å². The lowest BCUT2D eigenvalue weighted by Crippen LogP contribution is -2.09. The molecule has 4 nitrogen and oxygen atoms in total. The van der Waals surface area contributed by atoms with Gasteiger partial charge in [0.25, 0.3) is 0 Å². The SMILES string of the molecule is COc1c(-c2ccc(N(c3ccc(-c4ccccc4)cc3)c3ccc(-c4ccccc4)cc3)cc2)sc(-c2ccc(N(c3ccc(-c4ccccc4)cc3)c3ccc(-c4ccccc4)cc3)cc2)c1OC. The Morgan fingerprint density at radius 3 is 0.606 bits per heavy atom. The fraction of sp³-hybridized carbons (Fsp3) is 0.0303. The topological polar surface area (TPSA) is 24.9 Å². The van der Waals surface area contributed by atoms with Gasteiger partial charge < -0.3 is 19.3 Å². The van der Waals surface area contributed by atoms with Gasteiger partial charge in [0.2, 0.25) is 0 Å². The zero-order valence-electron chi connectivity index (χ0n) is 39.5. The molecule has 0 aliphatic carbocycles. The van der Waals surface area contributed by atoms with Crippen LogP contribution in [0.3, 0.4) is 0 Å². The van der Waals surface area contributed by atoms with Crippen LogP contribution in [0.4, 0.5) is 34.1 Å². The molecule has 0 saturated carbocycles. The first kappa shape index (κ1) is 44.6. The minimum atomic E-state index is 0.716. The number of thiophene rings is 1. The molecule has 1 heterocycles. The number of anilines is 6. The normalized spacial score (nSPS) is 11.0. The van der Waals surface area contributed by atoms with Crippen LogP contribution < -0.4 is 19.3 Å². The van der Waals surface area contributed by atoms with Crippen LogP contribution in [0.2, 0.25) is 0 Å². The lowest BCUT2D eigenvalue weighted by atomic mass is 10.0. The van der Waals surface area contributed by atoms with Crippen molar-refractivity contribution in [1.82, 2.24) is 0 Å². The number of rotatable bonds is 14. The van der Waals surface area contributed by atoms with E-state index in [4.69, 9.17) is 9.47 Å². The number of ether oxygens (including phenoxy) is 2. The molecule has 10 aromatic carbocycles. The molecule has 0 spiro atoms. The third-order valence-corrected chi connectivity index (χ3v) is 14.2. The first-order chi connectivity index (χ1) is 35.1. The molecule has 11 rings (SSSR count). The van der Waals surface area contributed by atoms with E-state index in [-0.39, 0.29) is 0 Å². The molecular weight excluding hydrogens is 885 g/mol. The lowest BCUT2D eigenvalue weighted by Gasteiger charge is -2.26. The average molecular weight is 935 g/mol. The maximum Gasteiger partial charge on any atom is 0.180 e. The first-order valence-corrected chi connectivity index (χ1v) is 24.6. The Hall–Kier alpha value is -8.90. The molecular formula is C66H50N2O2S. The largest absolute Gasteiger partial charge is 0.491 e. The molecule has 0 fully saturated rings. The van der Waals surface area contributed by atoms with Gasteiger partial charge in [-0.15, -0.1) is 11.3 Å². The highest BCUT2D eigenvalue weighted by atomic mass is 32.1. The van der Waals surface area contributed by atoms with Crippen LogP contribution >= 0.6 is 11.3 Å². The molecule has 5 heteroatoms. The smallest absolute Gasteiger partial charge is 0.180 e. The summed E-state index contributed by atoms with van der Waals surface area (Å²) in [7, 11) is 3.44. The third-order valence-electron chi connectivity index (χ3n) is 12.9. The Balaban J connectivity index is 0.919. The van der Waals surface area contributed by atoms with Crippen LogP contribution in [0, 0.1) is 0 Å². The predicted octanol–water partition coefficient (Wildman–Crippen LogP) is 18.7. The van der Waals surface area contributed by atoms with Gasteiger partial charge in [0, 0.05) is 34.1 Å². The zero-order valence-corrected chi connectivity index (χ0v) is 40.3. The fourth-order valence-corrected chi connectivity index (χ4v) is 10.6. The molecule has 0 saturated heterocycles. The van der Waals surface area contributed by atoms with E-state index in [2.05, 4.69) is 277 Å². The van der Waals surface area contributed by atoms with Crippen molar-refractivity contribution in [2.45, 2.75) is 0 Å². The minimum absolute atomic E-state index is 0.716. The lowest BCUT2D eigenvalue weighted by molar-refractivity contribution is 0.360. The van der Waals surface area contributed by atoms with Crippen molar-refractivity contribution in [3.63, 3.8) is 0 Å². The van der Waals surface area contributed by atoms with Gasteiger partial charge in [-0.25, -0.2) is 0 Å². The van der Waals surface area contributed by atoms with E-state index in [9.17, 15) is 0 Å². The predicted molar refractivity (Wildman–Crippen MR) is 299 cm³/mol. The van der Waals surface area contributed by atoms with Gasteiger partial charge in [0.15, 0.2) is 11.5 Å². The molecule has 0 unspecified atom stereocenters.